The van der Waals surface area contributed by atoms with Crippen LogP contribution in [-0.4, -0.2) is 96.0 Å². The fourth-order valence-electron chi connectivity index (χ4n) is 2.88. The van der Waals surface area contributed by atoms with Crippen LogP contribution in [0.2, 0.25) is 0 Å². The van der Waals surface area contributed by atoms with Crippen molar-refractivity contribution in [2.24, 2.45) is 0 Å². The first kappa shape index (κ1) is 20.3. The van der Waals surface area contributed by atoms with E-state index in [1.54, 1.807) is 18.2 Å². The summed E-state index contributed by atoms with van der Waals surface area (Å²) in [6, 6.07) is 0. The molecule has 0 bridgehead atoms. The Labute approximate surface area is 155 Å². The standard InChI is InChI=1S/C18H29N5O3/c1-4-21-7-9-22(10-8-21)17(24)5-6-23(11-12-26-3)18(25)16-14-19-15(2)13-20-16/h13-14H,4-12H2,1-3H3. The van der Waals surface area contributed by atoms with E-state index in [0.717, 1.165) is 38.4 Å². The third-order valence-corrected chi connectivity index (χ3v) is 4.62. The van der Waals surface area contributed by atoms with Crippen LogP contribution in [0, 0.1) is 6.92 Å². The van der Waals surface area contributed by atoms with Crippen molar-refractivity contribution in [2.45, 2.75) is 20.3 Å². The van der Waals surface area contributed by atoms with Gasteiger partial charge in [0.25, 0.3) is 5.91 Å². The lowest BCUT2D eigenvalue weighted by Gasteiger charge is -2.34. The molecule has 1 fully saturated rings. The average Bonchev–Trinajstić information content (AvgIpc) is 2.68. The van der Waals surface area contributed by atoms with Crippen LogP contribution in [0.5, 0.6) is 0 Å². The zero-order valence-electron chi connectivity index (χ0n) is 16.0. The Morgan fingerprint density at radius 2 is 1.88 bits per heavy atom. The summed E-state index contributed by atoms with van der Waals surface area (Å²) in [5.74, 6) is -0.135. The minimum Gasteiger partial charge on any atom is -0.383 e. The molecule has 2 rings (SSSR count). The fourth-order valence-corrected chi connectivity index (χ4v) is 2.88. The number of aromatic nitrogens is 2. The Balaban J connectivity index is 1.91. The number of rotatable bonds is 8. The number of hydrogen-bond acceptors (Lipinski definition) is 6. The molecule has 0 spiro atoms. The van der Waals surface area contributed by atoms with E-state index < -0.39 is 0 Å². The zero-order valence-corrected chi connectivity index (χ0v) is 16.0. The van der Waals surface area contributed by atoms with E-state index >= 15 is 0 Å². The van der Waals surface area contributed by atoms with E-state index in [1.807, 2.05) is 11.8 Å². The topological polar surface area (TPSA) is 78.9 Å². The summed E-state index contributed by atoms with van der Waals surface area (Å²) >= 11 is 0. The highest BCUT2D eigenvalue weighted by molar-refractivity contribution is 5.92. The number of nitrogens with zero attached hydrogens (tertiary/aromatic N) is 5. The monoisotopic (exact) mass is 363 g/mol. The highest BCUT2D eigenvalue weighted by Crippen LogP contribution is 2.07. The SMILES string of the molecule is CCN1CCN(C(=O)CCN(CCOC)C(=O)c2cnc(C)cn2)CC1. The molecule has 1 aliphatic rings. The second-order valence-corrected chi connectivity index (χ2v) is 6.39. The summed E-state index contributed by atoms with van der Waals surface area (Å²) in [6.07, 6.45) is 3.35. The molecular formula is C18H29N5O3. The van der Waals surface area contributed by atoms with Gasteiger partial charge in [-0.2, -0.15) is 0 Å². The number of ether oxygens (including phenoxy) is 1. The van der Waals surface area contributed by atoms with Gasteiger partial charge in [-0.3, -0.25) is 14.6 Å². The van der Waals surface area contributed by atoms with Crippen LogP contribution in [0.1, 0.15) is 29.5 Å². The van der Waals surface area contributed by atoms with Crippen molar-refractivity contribution in [3.05, 3.63) is 23.8 Å². The molecule has 0 aromatic carbocycles. The molecule has 1 aliphatic heterocycles. The molecule has 0 saturated carbocycles. The number of carbonyl (C=O) groups is 2. The number of likely N-dealkylation sites (N-methyl/N-ethyl adjacent to an activating group) is 1. The lowest BCUT2D eigenvalue weighted by Crippen LogP contribution is -2.49. The molecule has 0 unspecified atom stereocenters. The van der Waals surface area contributed by atoms with Gasteiger partial charge in [-0.1, -0.05) is 6.92 Å². The van der Waals surface area contributed by atoms with Crippen molar-refractivity contribution in [1.29, 1.82) is 0 Å². The van der Waals surface area contributed by atoms with Crippen LogP contribution >= 0.6 is 0 Å². The highest BCUT2D eigenvalue weighted by Gasteiger charge is 2.23. The number of carbonyl (C=O) groups excluding carboxylic acids is 2. The van der Waals surface area contributed by atoms with Gasteiger partial charge in [-0.05, 0) is 13.5 Å². The highest BCUT2D eigenvalue weighted by atomic mass is 16.5. The molecule has 26 heavy (non-hydrogen) atoms. The Kier molecular flexibility index (Phi) is 7.93. The van der Waals surface area contributed by atoms with Crippen LogP contribution in [0.15, 0.2) is 12.4 Å². The normalized spacial score (nSPS) is 15.1. The van der Waals surface area contributed by atoms with Crippen molar-refractivity contribution >= 4 is 11.8 Å². The van der Waals surface area contributed by atoms with Crippen LogP contribution < -0.4 is 0 Å². The zero-order chi connectivity index (χ0) is 18.9. The van der Waals surface area contributed by atoms with Crippen molar-refractivity contribution in [3.63, 3.8) is 0 Å². The quantitative estimate of drug-likeness (QED) is 0.666. The van der Waals surface area contributed by atoms with Gasteiger partial charge in [0.05, 0.1) is 18.5 Å². The minimum atomic E-state index is -0.224. The predicted octanol–water partition coefficient (Wildman–Crippen LogP) is 0.428. The van der Waals surface area contributed by atoms with Crippen LogP contribution in [0.4, 0.5) is 0 Å². The van der Waals surface area contributed by atoms with E-state index in [9.17, 15) is 9.59 Å². The molecule has 144 valence electrons. The average molecular weight is 363 g/mol. The number of methoxy groups -OCH3 is 1. The molecule has 1 aromatic heterocycles. The summed E-state index contributed by atoms with van der Waals surface area (Å²) < 4.78 is 5.09. The van der Waals surface area contributed by atoms with Crippen molar-refractivity contribution < 1.29 is 14.3 Å². The van der Waals surface area contributed by atoms with Crippen molar-refractivity contribution in [1.82, 2.24) is 24.7 Å². The van der Waals surface area contributed by atoms with Gasteiger partial charge in [0.1, 0.15) is 5.69 Å². The summed E-state index contributed by atoms with van der Waals surface area (Å²) in [4.78, 5) is 39.3. The molecular weight excluding hydrogens is 334 g/mol. The lowest BCUT2D eigenvalue weighted by molar-refractivity contribution is -0.133. The van der Waals surface area contributed by atoms with E-state index in [2.05, 4.69) is 21.8 Å². The second kappa shape index (κ2) is 10.2. The van der Waals surface area contributed by atoms with E-state index in [1.165, 1.54) is 6.20 Å². The van der Waals surface area contributed by atoms with Gasteiger partial charge in [0, 0.05) is 59.0 Å². The smallest absolute Gasteiger partial charge is 0.274 e. The van der Waals surface area contributed by atoms with E-state index in [0.29, 0.717) is 26.1 Å². The van der Waals surface area contributed by atoms with E-state index in [4.69, 9.17) is 4.74 Å². The van der Waals surface area contributed by atoms with Crippen LogP contribution in [-0.2, 0) is 9.53 Å². The Morgan fingerprint density at radius 1 is 1.15 bits per heavy atom. The van der Waals surface area contributed by atoms with Gasteiger partial charge < -0.3 is 19.4 Å². The molecule has 2 amide bonds. The third-order valence-electron chi connectivity index (χ3n) is 4.62. The van der Waals surface area contributed by atoms with Gasteiger partial charge in [-0.15, -0.1) is 0 Å². The number of amides is 2. The molecule has 0 atom stereocenters. The maximum absolute atomic E-state index is 12.7. The Morgan fingerprint density at radius 3 is 2.46 bits per heavy atom. The maximum atomic E-state index is 12.7. The summed E-state index contributed by atoms with van der Waals surface area (Å²) in [7, 11) is 1.59. The number of piperazine rings is 1. The first-order chi connectivity index (χ1) is 12.5. The molecule has 1 saturated heterocycles. The molecule has 0 aliphatic carbocycles. The number of aryl methyl sites for hydroxylation is 1. The van der Waals surface area contributed by atoms with Gasteiger partial charge in [-0.25, -0.2) is 4.98 Å². The summed E-state index contributed by atoms with van der Waals surface area (Å²) in [6.45, 7) is 9.47. The summed E-state index contributed by atoms with van der Waals surface area (Å²) in [5.41, 5.74) is 1.04. The second-order valence-electron chi connectivity index (χ2n) is 6.39. The molecule has 8 heteroatoms. The largest absolute Gasteiger partial charge is 0.383 e. The van der Waals surface area contributed by atoms with Gasteiger partial charge >= 0.3 is 0 Å². The number of hydrogen-bond donors (Lipinski definition) is 0. The first-order valence-electron chi connectivity index (χ1n) is 9.12. The van der Waals surface area contributed by atoms with Gasteiger partial charge in [0.2, 0.25) is 5.91 Å². The Hall–Kier alpha value is -2.06. The lowest BCUT2D eigenvalue weighted by atomic mass is 10.2. The van der Waals surface area contributed by atoms with E-state index in [-0.39, 0.29) is 17.5 Å². The molecule has 8 nitrogen and oxygen atoms in total. The fraction of sp³-hybridized carbons (Fsp3) is 0.667. The first-order valence-corrected chi connectivity index (χ1v) is 9.12. The summed E-state index contributed by atoms with van der Waals surface area (Å²) in [5, 5.41) is 0. The Bertz CT molecular complexity index is 585. The maximum Gasteiger partial charge on any atom is 0.274 e. The third kappa shape index (κ3) is 5.74. The van der Waals surface area contributed by atoms with Crippen LogP contribution in [0.25, 0.3) is 0 Å². The van der Waals surface area contributed by atoms with Gasteiger partial charge in [0.15, 0.2) is 0 Å². The molecule has 0 N–H and O–H groups in total. The molecule has 0 radical (unpaired) electrons. The van der Waals surface area contributed by atoms with Crippen LogP contribution in [0.3, 0.4) is 0 Å². The van der Waals surface area contributed by atoms with Crippen molar-refractivity contribution in [3.8, 4) is 0 Å². The van der Waals surface area contributed by atoms with Crippen molar-refractivity contribution in [2.75, 3.05) is 59.5 Å². The minimum absolute atomic E-state index is 0.0889. The molecule has 2 heterocycles. The predicted molar refractivity (Wildman–Crippen MR) is 97.9 cm³/mol. The molecule has 1 aromatic rings.